The van der Waals surface area contributed by atoms with Crippen LogP contribution in [0.4, 0.5) is 5.69 Å². The quantitative estimate of drug-likeness (QED) is 0.507. The summed E-state index contributed by atoms with van der Waals surface area (Å²) in [4.78, 5) is 28.4. The predicted molar refractivity (Wildman–Crippen MR) is 150 cm³/mol. The van der Waals surface area contributed by atoms with Crippen molar-refractivity contribution in [3.63, 3.8) is 0 Å². The first-order chi connectivity index (χ1) is 18.3. The summed E-state index contributed by atoms with van der Waals surface area (Å²) in [5.74, 6) is 0.0897. The summed E-state index contributed by atoms with van der Waals surface area (Å²) in [7, 11) is 1.89. The van der Waals surface area contributed by atoms with Gasteiger partial charge in [-0.2, -0.15) is 0 Å². The van der Waals surface area contributed by atoms with E-state index >= 15 is 0 Å². The first-order valence-electron chi connectivity index (χ1n) is 13.6. The number of fused-ring (bicyclic) bond motifs is 1. The van der Waals surface area contributed by atoms with Crippen molar-refractivity contribution in [2.75, 3.05) is 38.7 Å². The topological polar surface area (TPSA) is 100 Å². The van der Waals surface area contributed by atoms with E-state index in [1.54, 1.807) is 23.1 Å². The minimum atomic E-state index is -0.408. The summed E-state index contributed by atoms with van der Waals surface area (Å²) in [6.45, 7) is 7.45. The molecule has 0 aliphatic carbocycles. The highest BCUT2D eigenvalue weighted by Gasteiger charge is 2.29. The van der Waals surface area contributed by atoms with E-state index in [-0.39, 0.29) is 43.0 Å². The summed E-state index contributed by atoms with van der Waals surface area (Å²) >= 11 is 0. The zero-order chi connectivity index (χ0) is 27.5. The Bertz CT molecular complexity index is 1030. The molecule has 0 unspecified atom stereocenters. The van der Waals surface area contributed by atoms with Gasteiger partial charge in [0.25, 0.3) is 5.91 Å². The summed E-state index contributed by atoms with van der Waals surface area (Å²) in [5, 5.41) is 16.1. The Morgan fingerprint density at radius 3 is 2.63 bits per heavy atom. The van der Waals surface area contributed by atoms with E-state index in [4.69, 9.17) is 9.47 Å². The molecule has 8 nitrogen and oxygen atoms in total. The SMILES string of the molecule is CNC[C@@H]1OCCCC[C@@H](C)Oc2ccc(NC(=O)Cc3ccccc3)cc2C(=O)N([C@@H](C)CO)C[C@H]1C. The molecule has 38 heavy (non-hydrogen) atoms. The summed E-state index contributed by atoms with van der Waals surface area (Å²) in [5.41, 5.74) is 1.80. The van der Waals surface area contributed by atoms with Crippen LogP contribution in [0.2, 0.25) is 0 Å². The van der Waals surface area contributed by atoms with Gasteiger partial charge < -0.3 is 30.1 Å². The second kappa shape index (κ2) is 14.9. The molecule has 8 heteroatoms. The minimum absolute atomic E-state index is 0.0281. The Kier molecular flexibility index (Phi) is 11.6. The number of hydrogen-bond donors (Lipinski definition) is 3. The molecule has 208 valence electrons. The number of aliphatic hydroxyl groups is 1. The van der Waals surface area contributed by atoms with Crippen LogP contribution in [0.25, 0.3) is 0 Å². The number of rotatable bonds is 7. The molecule has 3 N–H and O–H groups in total. The van der Waals surface area contributed by atoms with Crippen LogP contribution >= 0.6 is 0 Å². The molecule has 0 spiro atoms. The molecule has 0 bridgehead atoms. The van der Waals surface area contributed by atoms with Crippen LogP contribution in [0.3, 0.4) is 0 Å². The molecule has 0 radical (unpaired) electrons. The van der Waals surface area contributed by atoms with Crippen LogP contribution in [0.5, 0.6) is 5.75 Å². The van der Waals surface area contributed by atoms with Crippen molar-refractivity contribution in [2.45, 2.75) is 64.7 Å². The first kappa shape index (κ1) is 29.6. The third-order valence-corrected chi connectivity index (χ3v) is 6.95. The molecule has 0 saturated carbocycles. The second-order valence-corrected chi connectivity index (χ2v) is 10.3. The van der Waals surface area contributed by atoms with Gasteiger partial charge in [0.15, 0.2) is 0 Å². The van der Waals surface area contributed by atoms with E-state index in [2.05, 4.69) is 17.6 Å². The third kappa shape index (κ3) is 8.55. The number of carbonyl (C=O) groups is 2. The molecule has 1 aliphatic heterocycles. The standard InChI is InChI=1S/C30H43N3O5/c1-21-19-33(22(2)20-34)30(36)26-17-25(32-29(35)16-24-11-6-5-7-12-24)13-14-27(26)38-23(3)10-8-9-15-37-28(21)18-31-4/h5-7,11-14,17,21-23,28,31,34H,8-10,15-16,18-20H2,1-4H3,(H,32,35)/t21-,22+,23-,28+/m1/s1. The number of aliphatic hydroxyl groups excluding tert-OH is 1. The summed E-state index contributed by atoms with van der Waals surface area (Å²) < 4.78 is 12.4. The Morgan fingerprint density at radius 1 is 1.16 bits per heavy atom. The van der Waals surface area contributed by atoms with Crippen LogP contribution < -0.4 is 15.4 Å². The van der Waals surface area contributed by atoms with Crippen LogP contribution in [-0.2, 0) is 16.0 Å². The lowest BCUT2D eigenvalue weighted by Crippen LogP contribution is -2.47. The van der Waals surface area contributed by atoms with Gasteiger partial charge in [-0.3, -0.25) is 9.59 Å². The highest BCUT2D eigenvalue weighted by atomic mass is 16.5. The zero-order valence-corrected chi connectivity index (χ0v) is 23.1. The van der Waals surface area contributed by atoms with E-state index in [9.17, 15) is 14.7 Å². The number of nitrogens with zero attached hydrogens (tertiary/aromatic N) is 1. The first-order valence-corrected chi connectivity index (χ1v) is 13.6. The van der Waals surface area contributed by atoms with E-state index in [1.807, 2.05) is 51.2 Å². The molecule has 0 saturated heterocycles. The van der Waals surface area contributed by atoms with Gasteiger partial charge in [-0.1, -0.05) is 37.3 Å². The zero-order valence-electron chi connectivity index (χ0n) is 23.1. The fourth-order valence-electron chi connectivity index (χ4n) is 4.68. The van der Waals surface area contributed by atoms with E-state index in [0.717, 1.165) is 24.8 Å². The number of hydrogen-bond acceptors (Lipinski definition) is 6. The highest BCUT2D eigenvalue weighted by molar-refractivity contribution is 6.00. The minimum Gasteiger partial charge on any atom is -0.490 e. The average Bonchev–Trinajstić information content (AvgIpc) is 2.90. The van der Waals surface area contributed by atoms with Gasteiger partial charge in [0, 0.05) is 31.3 Å². The average molecular weight is 526 g/mol. The lowest BCUT2D eigenvalue weighted by atomic mass is 10.0. The van der Waals surface area contributed by atoms with Crippen molar-refractivity contribution < 1.29 is 24.2 Å². The molecule has 1 aliphatic rings. The van der Waals surface area contributed by atoms with Gasteiger partial charge in [0.05, 0.1) is 36.8 Å². The molecule has 0 aromatic heterocycles. The van der Waals surface area contributed by atoms with Gasteiger partial charge in [0.1, 0.15) is 5.75 Å². The Balaban J connectivity index is 1.93. The monoisotopic (exact) mass is 525 g/mol. The van der Waals surface area contributed by atoms with E-state index in [1.165, 1.54) is 0 Å². The molecule has 3 rings (SSSR count). The third-order valence-electron chi connectivity index (χ3n) is 6.95. The fraction of sp³-hybridized carbons (Fsp3) is 0.533. The van der Waals surface area contributed by atoms with Gasteiger partial charge in [-0.05, 0) is 63.9 Å². The van der Waals surface area contributed by atoms with Crippen molar-refractivity contribution in [2.24, 2.45) is 5.92 Å². The van der Waals surface area contributed by atoms with Gasteiger partial charge >= 0.3 is 0 Å². The van der Waals surface area contributed by atoms with Gasteiger partial charge in [-0.25, -0.2) is 0 Å². The molecule has 2 amide bonds. The number of likely N-dealkylation sites (N-methyl/N-ethyl adjacent to an activating group) is 1. The van der Waals surface area contributed by atoms with Crippen molar-refractivity contribution in [3.8, 4) is 5.75 Å². The molecule has 2 aromatic carbocycles. The Hall–Kier alpha value is -2.94. The number of anilines is 1. The lowest BCUT2D eigenvalue weighted by Gasteiger charge is -2.34. The van der Waals surface area contributed by atoms with E-state index in [0.29, 0.717) is 36.7 Å². The predicted octanol–water partition coefficient (Wildman–Crippen LogP) is 3.88. The fourth-order valence-corrected chi connectivity index (χ4v) is 4.68. The molecular formula is C30H43N3O5. The lowest BCUT2D eigenvalue weighted by molar-refractivity contribution is -0.115. The smallest absolute Gasteiger partial charge is 0.258 e. The van der Waals surface area contributed by atoms with Gasteiger partial charge in [-0.15, -0.1) is 0 Å². The van der Waals surface area contributed by atoms with Gasteiger partial charge in [0.2, 0.25) is 5.91 Å². The van der Waals surface area contributed by atoms with Crippen molar-refractivity contribution in [3.05, 3.63) is 59.7 Å². The molecule has 2 aromatic rings. The van der Waals surface area contributed by atoms with Crippen molar-refractivity contribution in [1.29, 1.82) is 0 Å². The number of benzene rings is 2. The normalized spacial score (nSPS) is 22.1. The number of amides is 2. The highest BCUT2D eigenvalue weighted by Crippen LogP contribution is 2.28. The second-order valence-electron chi connectivity index (χ2n) is 10.3. The molecular weight excluding hydrogens is 482 g/mol. The Labute approximate surface area is 226 Å². The number of nitrogens with one attached hydrogen (secondary N) is 2. The number of carbonyl (C=O) groups excluding carboxylic acids is 2. The van der Waals surface area contributed by atoms with Crippen molar-refractivity contribution in [1.82, 2.24) is 10.2 Å². The Morgan fingerprint density at radius 2 is 1.92 bits per heavy atom. The van der Waals surface area contributed by atoms with Crippen LogP contribution in [0.15, 0.2) is 48.5 Å². The van der Waals surface area contributed by atoms with Crippen molar-refractivity contribution >= 4 is 17.5 Å². The molecule has 1 heterocycles. The maximum Gasteiger partial charge on any atom is 0.258 e. The molecule has 4 atom stereocenters. The molecule has 0 fully saturated rings. The summed E-state index contributed by atoms with van der Waals surface area (Å²) in [6.07, 6.45) is 2.77. The van der Waals surface area contributed by atoms with Crippen LogP contribution in [-0.4, -0.2) is 73.4 Å². The largest absolute Gasteiger partial charge is 0.490 e. The van der Waals surface area contributed by atoms with Crippen LogP contribution in [0, 0.1) is 5.92 Å². The van der Waals surface area contributed by atoms with E-state index < -0.39 is 6.04 Å². The maximum atomic E-state index is 14.0. The maximum absolute atomic E-state index is 14.0. The number of ether oxygens (including phenoxy) is 2. The van der Waals surface area contributed by atoms with Crippen LogP contribution in [0.1, 0.15) is 56.0 Å². The summed E-state index contributed by atoms with van der Waals surface area (Å²) in [6, 6.07) is 14.3.